The predicted octanol–water partition coefficient (Wildman–Crippen LogP) is 4.07. The highest BCUT2D eigenvalue weighted by Crippen LogP contribution is 2.32. The van der Waals surface area contributed by atoms with Crippen LogP contribution in [0.15, 0.2) is 42.5 Å². The van der Waals surface area contributed by atoms with Crippen LogP contribution in [0.1, 0.15) is 10.4 Å². The number of aldehydes is 1. The van der Waals surface area contributed by atoms with Gasteiger partial charge in [0.05, 0.1) is 12.7 Å². The van der Waals surface area contributed by atoms with Crippen molar-refractivity contribution < 1.29 is 27.4 Å². The van der Waals surface area contributed by atoms with Gasteiger partial charge in [-0.25, -0.2) is 0 Å². The zero-order valence-corrected chi connectivity index (χ0v) is 11.0. The molecular weight excluding hydrogens is 285 g/mol. The fraction of sp³-hybridized carbons (Fsp3) is 0.133. The summed E-state index contributed by atoms with van der Waals surface area (Å²) in [6.07, 6.45) is -4.16. The molecule has 0 radical (unpaired) electrons. The molecule has 0 bridgehead atoms. The molecule has 2 aromatic rings. The summed E-state index contributed by atoms with van der Waals surface area (Å²) in [5.41, 5.74) is 1.17. The van der Waals surface area contributed by atoms with E-state index in [2.05, 4.69) is 4.74 Å². The van der Waals surface area contributed by atoms with Gasteiger partial charge in [0.2, 0.25) is 0 Å². The number of ether oxygens (including phenoxy) is 2. The van der Waals surface area contributed by atoms with E-state index in [1.54, 1.807) is 24.3 Å². The molecule has 0 saturated heterocycles. The average Bonchev–Trinajstić information content (AvgIpc) is 2.44. The van der Waals surface area contributed by atoms with Gasteiger partial charge in [-0.05, 0) is 29.3 Å². The summed E-state index contributed by atoms with van der Waals surface area (Å²) in [5, 5.41) is 0. The van der Waals surface area contributed by atoms with Crippen LogP contribution >= 0.6 is 0 Å². The normalized spacial score (nSPS) is 11.0. The van der Waals surface area contributed by atoms with Crippen molar-refractivity contribution in [1.82, 2.24) is 0 Å². The topological polar surface area (TPSA) is 35.5 Å². The van der Waals surface area contributed by atoms with Crippen molar-refractivity contribution in [3.05, 3.63) is 48.0 Å². The molecule has 0 saturated carbocycles. The van der Waals surface area contributed by atoms with E-state index >= 15 is 0 Å². The third kappa shape index (κ3) is 3.53. The fourth-order valence-electron chi connectivity index (χ4n) is 1.96. The average molecular weight is 296 g/mol. The van der Waals surface area contributed by atoms with Crippen molar-refractivity contribution in [2.45, 2.75) is 6.36 Å². The Morgan fingerprint density at radius 2 is 1.81 bits per heavy atom. The third-order valence-corrected chi connectivity index (χ3v) is 2.78. The van der Waals surface area contributed by atoms with E-state index in [1.807, 2.05) is 0 Å². The standard InChI is InChI=1S/C15H11F3O3/c1-20-14-7-3-6-12(13(14)9-19)10-4-2-5-11(8-10)21-15(16,17)18/h2-9H,1H3. The summed E-state index contributed by atoms with van der Waals surface area (Å²) < 4.78 is 45.7. The molecule has 0 amide bonds. The molecule has 2 aromatic carbocycles. The molecule has 0 heterocycles. The molecular formula is C15H11F3O3. The number of carbonyl (C=O) groups excluding carboxylic acids is 1. The number of benzene rings is 2. The van der Waals surface area contributed by atoms with E-state index in [9.17, 15) is 18.0 Å². The number of hydrogen-bond donors (Lipinski definition) is 0. The van der Waals surface area contributed by atoms with Crippen LogP contribution in [0.25, 0.3) is 11.1 Å². The van der Waals surface area contributed by atoms with Crippen molar-refractivity contribution in [3.8, 4) is 22.6 Å². The van der Waals surface area contributed by atoms with Gasteiger partial charge in [-0.2, -0.15) is 0 Å². The molecule has 0 spiro atoms. The van der Waals surface area contributed by atoms with E-state index in [0.717, 1.165) is 0 Å². The first-order chi connectivity index (χ1) is 9.94. The van der Waals surface area contributed by atoms with E-state index in [1.165, 1.54) is 25.3 Å². The lowest BCUT2D eigenvalue weighted by Gasteiger charge is -2.12. The Morgan fingerprint density at radius 1 is 1.10 bits per heavy atom. The number of carbonyl (C=O) groups is 1. The van der Waals surface area contributed by atoms with Gasteiger partial charge < -0.3 is 9.47 Å². The molecule has 0 fully saturated rings. The largest absolute Gasteiger partial charge is 0.573 e. The number of rotatable bonds is 4. The summed E-state index contributed by atoms with van der Waals surface area (Å²) in [6, 6.07) is 10.3. The van der Waals surface area contributed by atoms with E-state index < -0.39 is 6.36 Å². The summed E-state index contributed by atoms with van der Waals surface area (Å²) in [6.45, 7) is 0. The quantitative estimate of drug-likeness (QED) is 0.798. The first-order valence-corrected chi connectivity index (χ1v) is 5.93. The van der Waals surface area contributed by atoms with Gasteiger partial charge in [-0.15, -0.1) is 13.2 Å². The molecule has 3 nitrogen and oxygen atoms in total. The molecule has 6 heteroatoms. The molecule has 0 N–H and O–H groups in total. The van der Waals surface area contributed by atoms with Crippen LogP contribution in [0.2, 0.25) is 0 Å². The molecule has 21 heavy (non-hydrogen) atoms. The second-order valence-corrected chi connectivity index (χ2v) is 4.11. The molecule has 0 aromatic heterocycles. The minimum atomic E-state index is -4.76. The lowest BCUT2D eigenvalue weighted by atomic mass is 9.99. The van der Waals surface area contributed by atoms with Gasteiger partial charge >= 0.3 is 6.36 Å². The highest BCUT2D eigenvalue weighted by atomic mass is 19.4. The molecule has 0 atom stereocenters. The summed E-state index contributed by atoms with van der Waals surface area (Å²) in [7, 11) is 1.41. The smallest absolute Gasteiger partial charge is 0.496 e. The van der Waals surface area contributed by atoms with Crippen LogP contribution in [0.3, 0.4) is 0 Å². The minimum Gasteiger partial charge on any atom is -0.496 e. The Balaban J connectivity index is 2.48. The second kappa shape index (κ2) is 5.87. The van der Waals surface area contributed by atoms with Gasteiger partial charge in [0, 0.05) is 0 Å². The number of halogens is 3. The molecule has 0 aliphatic heterocycles. The zero-order valence-electron chi connectivity index (χ0n) is 11.0. The number of alkyl halides is 3. The van der Waals surface area contributed by atoms with Gasteiger partial charge in [-0.1, -0.05) is 24.3 Å². The lowest BCUT2D eigenvalue weighted by molar-refractivity contribution is -0.274. The molecule has 110 valence electrons. The summed E-state index contributed by atoms with van der Waals surface area (Å²) >= 11 is 0. The van der Waals surface area contributed by atoms with Crippen LogP contribution in [0, 0.1) is 0 Å². The Kier molecular flexibility index (Phi) is 4.16. The van der Waals surface area contributed by atoms with Crippen LogP contribution in [-0.4, -0.2) is 19.8 Å². The van der Waals surface area contributed by atoms with Gasteiger partial charge in [-0.3, -0.25) is 4.79 Å². The molecule has 0 aliphatic carbocycles. The SMILES string of the molecule is COc1cccc(-c2cccc(OC(F)(F)F)c2)c1C=O. The Hall–Kier alpha value is -2.50. The van der Waals surface area contributed by atoms with Crippen molar-refractivity contribution in [3.63, 3.8) is 0 Å². The van der Waals surface area contributed by atoms with Crippen molar-refractivity contribution in [2.24, 2.45) is 0 Å². The Bertz CT molecular complexity index is 651. The first kappa shape index (κ1) is 14.9. The fourth-order valence-corrected chi connectivity index (χ4v) is 1.96. The number of methoxy groups -OCH3 is 1. The Morgan fingerprint density at radius 3 is 2.43 bits per heavy atom. The number of hydrogen-bond acceptors (Lipinski definition) is 3. The van der Waals surface area contributed by atoms with Gasteiger partial charge in [0.15, 0.2) is 6.29 Å². The monoisotopic (exact) mass is 296 g/mol. The van der Waals surface area contributed by atoms with Crippen LogP contribution in [0.4, 0.5) is 13.2 Å². The third-order valence-electron chi connectivity index (χ3n) is 2.78. The van der Waals surface area contributed by atoms with Crippen molar-refractivity contribution in [1.29, 1.82) is 0 Å². The second-order valence-electron chi connectivity index (χ2n) is 4.11. The summed E-state index contributed by atoms with van der Waals surface area (Å²) in [4.78, 5) is 11.2. The van der Waals surface area contributed by atoms with Crippen LogP contribution < -0.4 is 9.47 Å². The summed E-state index contributed by atoms with van der Waals surface area (Å²) in [5.74, 6) is 0.00399. The van der Waals surface area contributed by atoms with Crippen molar-refractivity contribution >= 4 is 6.29 Å². The van der Waals surface area contributed by atoms with Gasteiger partial charge in [0.25, 0.3) is 0 Å². The maximum atomic E-state index is 12.2. The van der Waals surface area contributed by atoms with Crippen LogP contribution in [-0.2, 0) is 0 Å². The van der Waals surface area contributed by atoms with Gasteiger partial charge in [0.1, 0.15) is 11.5 Å². The van der Waals surface area contributed by atoms with E-state index in [4.69, 9.17) is 4.74 Å². The molecule has 2 rings (SSSR count). The predicted molar refractivity (Wildman–Crippen MR) is 70.5 cm³/mol. The van der Waals surface area contributed by atoms with Crippen molar-refractivity contribution in [2.75, 3.05) is 7.11 Å². The molecule has 0 unspecified atom stereocenters. The zero-order chi connectivity index (χ0) is 15.5. The minimum absolute atomic E-state index is 0.268. The Labute approximate surface area is 118 Å². The van der Waals surface area contributed by atoms with E-state index in [-0.39, 0.29) is 11.3 Å². The maximum Gasteiger partial charge on any atom is 0.573 e. The van der Waals surface area contributed by atoms with Crippen LogP contribution in [0.5, 0.6) is 11.5 Å². The first-order valence-electron chi connectivity index (χ1n) is 5.93. The van der Waals surface area contributed by atoms with E-state index in [0.29, 0.717) is 23.2 Å². The highest BCUT2D eigenvalue weighted by molar-refractivity contribution is 5.91. The highest BCUT2D eigenvalue weighted by Gasteiger charge is 2.31. The molecule has 0 aliphatic rings. The maximum absolute atomic E-state index is 12.2. The lowest BCUT2D eigenvalue weighted by Crippen LogP contribution is -2.17.